The summed E-state index contributed by atoms with van der Waals surface area (Å²) in [5, 5.41) is 0.869. The summed E-state index contributed by atoms with van der Waals surface area (Å²) < 4.78 is 6.44. The Morgan fingerprint density at radius 3 is 2.82 bits per heavy atom. The van der Waals surface area contributed by atoms with Crippen LogP contribution in [0.3, 0.4) is 0 Å². The van der Waals surface area contributed by atoms with Crippen LogP contribution in [0, 0.1) is 0 Å². The van der Waals surface area contributed by atoms with Crippen molar-refractivity contribution in [3.63, 3.8) is 0 Å². The molecular formula is C12H18ClNOS2. The van der Waals surface area contributed by atoms with Crippen molar-refractivity contribution in [1.82, 2.24) is 0 Å². The van der Waals surface area contributed by atoms with Gasteiger partial charge in [-0.25, -0.2) is 0 Å². The standard InChI is InChI=1S/C12H18ClNOS2/c1-7(14)12(10-3-4-11(13)16-10)17-9-5-6-15-8(9)2/h3-4,7-9,12H,5-6,14H2,1-2H3. The maximum Gasteiger partial charge on any atom is 0.0931 e. The SMILES string of the molecule is CC(N)C(SC1CCOC1C)c1ccc(Cl)s1. The summed E-state index contributed by atoms with van der Waals surface area (Å²) in [4.78, 5) is 1.27. The number of ether oxygens (including phenoxy) is 1. The third kappa shape index (κ3) is 3.38. The summed E-state index contributed by atoms with van der Waals surface area (Å²) in [6.45, 7) is 5.08. The van der Waals surface area contributed by atoms with Crippen molar-refractivity contribution < 1.29 is 4.74 Å². The minimum Gasteiger partial charge on any atom is -0.377 e. The van der Waals surface area contributed by atoms with Crippen molar-refractivity contribution in [1.29, 1.82) is 0 Å². The van der Waals surface area contributed by atoms with Crippen molar-refractivity contribution in [2.75, 3.05) is 6.61 Å². The second-order valence-electron chi connectivity index (χ2n) is 4.46. The fourth-order valence-electron chi connectivity index (χ4n) is 2.01. The molecule has 1 aromatic rings. The van der Waals surface area contributed by atoms with Gasteiger partial charge in [0.1, 0.15) is 0 Å². The highest BCUT2D eigenvalue weighted by molar-refractivity contribution is 8.00. The molecule has 4 unspecified atom stereocenters. The zero-order chi connectivity index (χ0) is 12.4. The van der Waals surface area contributed by atoms with Crippen molar-refractivity contribution in [3.8, 4) is 0 Å². The smallest absolute Gasteiger partial charge is 0.0931 e. The lowest BCUT2D eigenvalue weighted by Crippen LogP contribution is -2.25. The zero-order valence-corrected chi connectivity index (χ0v) is 12.4. The van der Waals surface area contributed by atoms with Crippen LogP contribution in [0.1, 0.15) is 30.4 Å². The van der Waals surface area contributed by atoms with Gasteiger partial charge in [-0.05, 0) is 32.4 Å². The van der Waals surface area contributed by atoms with Crippen molar-refractivity contribution in [3.05, 3.63) is 21.3 Å². The lowest BCUT2D eigenvalue weighted by atomic mass is 10.2. The van der Waals surface area contributed by atoms with E-state index in [0.29, 0.717) is 16.6 Å². The Bertz CT molecular complexity index is 369. The molecule has 0 aromatic carbocycles. The minimum absolute atomic E-state index is 0.127. The molecule has 2 rings (SSSR count). The third-order valence-electron chi connectivity index (χ3n) is 2.98. The van der Waals surface area contributed by atoms with Crippen LogP contribution in [0.25, 0.3) is 0 Å². The maximum atomic E-state index is 6.10. The molecule has 0 spiro atoms. The van der Waals surface area contributed by atoms with Crippen LogP contribution < -0.4 is 5.73 Å². The van der Waals surface area contributed by atoms with Crippen LogP contribution in [0.4, 0.5) is 0 Å². The predicted octanol–water partition coefficient (Wildman–Crippen LogP) is 3.70. The summed E-state index contributed by atoms with van der Waals surface area (Å²) in [6, 6.07) is 4.17. The molecule has 2 nitrogen and oxygen atoms in total. The van der Waals surface area contributed by atoms with Gasteiger partial charge in [0.25, 0.3) is 0 Å². The third-order valence-corrected chi connectivity index (χ3v) is 6.39. The molecule has 2 heterocycles. The van der Waals surface area contributed by atoms with Crippen molar-refractivity contribution in [2.45, 2.75) is 42.9 Å². The van der Waals surface area contributed by atoms with E-state index in [2.05, 4.69) is 19.9 Å². The molecular weight excluding hydrogens is 274 g/mol. The van der Waals surface area contributed by atoms with Crippen LogP contribution in [0.2, 0.25) is 4.34 Å². The fraction of sp³-hybridized carbons (Fsp3) is 0.667. The van der Waals surface area contributed by atoms with Crippen LogP contribution in [-0.2, 0) is 4.74 Å². The number of hydrogen-bond acceptors (Lipinski definition) is 4. The number of hydrogen-bond donors (Lipinski definition) is 1. The highest BCUT2D eigenvalue weighted by Crippen LogP contribution is 2.42. The molecule has 1 fully saturated rings. The highest BCUT2D eigenvalue weighted by atomic mass is 35.5. The highest BCUT2D eigenvalue weighted by Gasteiger charge is 2.30. The number of rotatable bonds is 4. The Morgan fingerprint density at radius 2 is 2.35 bits per heavy atom. The summed E-state index contributed by atoms with van der Waals surface area (Å²) in [5.41, 5.74) is 6.10. The number of thiophene rings is 1. The van der Waals surface area contributed by atoms with Gasteiger partial charge in [0.15, 0.2) is 0 Å². The van der Waals surface area contributed by atoms with Gasteiger partial charge in [-0.15, -0.1) is 23.1 Å². The molecule has 1 aliphatic heterocycles. The van der Waals surface area contributed by atoms with E-state index >= 15 is 0 Å². The average molecular weight is 292 g/mol. The molecule has 0 saturated carbocycles. The molecule has 1 aromatic heterocycles. The van der Waals surface area contributed by atoms with E-state index in [1.165, 1.54) is 4.88 Å². The van der Waals surface area contributed by atoms with Crippen molar-refractivity contribution >= 4 is 34.7 Å². The topological polar surface area (TPSA) is 35.2 Å². The Kier molecular flexibility index (Phi) is 4.78. The first-order chi connectivity index (χ1) is 8.08. The molecule has 1 aliphatic rings. The molecule has 0 amide bonds. The van der Waals surface area contributed by atoms with Crippen molar-refractivity contribution in [2.24, 2.45) is 5.73 Å². The second-order valence-corrected chi connectivity index (χ2v) is 7.59. The van der Waals surface area contributed by atoms with Gasteiger partial charge in [0, 0.05) is 22.8 Å². The Morgan fingerprint density at radius 1 is 1.59 bits per heavy atom. The number of thioether (sulfide) groups is 1. The van der Waals surface area contributed by atoms with Gasteiger partial charge in [0.05, 0.1) is 15.7 Å². The summed E-state index contributed by atoms with van der Waals surface area (Å²) in [7, 11) is 0. The normalized spacial score (nSPS) is 28.2. The van der Waals surface area contributed by atoms with E-state index in [-0.39, 0.29) is 6.04 Å². The minimum atomic E-state index is 0.127. The lowest BCUT2D eigenvalue weighted by Gasteiger charge is -2.24. The summed E-state index contributed by atoms with van der Waals surface area (Å²) in [5.74, 6) is 0. The number of halogens is 1. The van der Waals surface area contributed by atoms with E-state index in [4.69, 9.17) is 22.1 Å². The lowest BCUT2D eigenvalue weighted by molar-refractivity contribution is 0.127. The molecule has 4 atom stereocenters. The average Bonchev–Trinajstić information content (AvgIpc) is 2.84. The summed E-state index contributed by atoms with van der Waals surface area (Å²) >= 11 is 9.57. The predicted molar refractivity (Wildman–Crippen MR) is 77.1 cm³/mol. The first kappa shape index (κ1) is 13.7. The van der Waals surface area contributed by atoms with E-state index in [9.17, 15) is 0 Å². The fourth-order valence-corrected chi connectivity index (χ4v) is 4.85. The van der Waals surface area contributed by atoms with Gasteiger partial charge in [-0.3, -0.25) is 0 Å². The van der Waals surface area contributed by atoms with Gasteiger partial charge in [0.2, 0.25) is 0 Å². The van der Waals surface area contributed by atoms with Crippen LogP contribution in [0.5, 0.6) is 0 Å². The zero-order valence-electron chi connectivity index (χ0n) is 10.1. The van der Waals surface area contributed by atoms with Crippen LogP contribution in [-0.4, -0.2) is 24.0 Å². The molecule has 2 N–H and O–H groups in total. The molecule has 0 bridgehead atoms. The maximum absolute atomic E-state index is 6.10. The second kappa shape index (κ2) is 5.93. The number of nitrogens with two attached hydrogens (primary N) is 1. The Hall–Kier alpha value is 0.260. The Labute approximate surface area is 116 Å². The molecule has 1 saturated heterocycles. The largest absolute Gasteiger partial charge is 0.377 e. The van der Waals surface area contributed by atoms with E-state index in [1.807, 2.05) is 17.8 Å². The quantitative estimate of drug-likeness (QED) is 0.919. The first-order valence-electron chi connectivity index (χ1n) is 5.86. The summed E-state index contributed by atoms with van der Waals surface area (Å²) in [6.07, 6.45) is 1.45. The van der Waals surface area contributed by atoms with Gasteiger partial charge < -0.3 is 10.5 Å². The van der Waals surface area contributed by atoms with E-state index in [1.54, 1.807) is 11.3 Å². The molecule has 17 heavy (non-hydrogen) atoms. The monoisotopic (exact) mass is 291 g/mol. The van der Waals surface area contributed by atoms with Gasteiger partial charge in [-0.2, -0.15) is 0 Å². The van der Waals surface area contributed by atoms with Crippen LogP contribution in [0.15, 0.2) is 12.1 Å². The van der Waals surface area contributed by atoms with Crippen LogP contribution >= 0.6 is 34.7 Å². The van der Waals surface area contributed by atoms with Gasteiger partial charge in [-0.1, -0.05) is 11.6 Å². The van der Waals surface area contributed by atoms with E-state index in [0.717, 1.165) is 17.4 Å². The molecule has 0 radical (unpaired) electrons. The molecule has 96 valence electrons. The Balaban J connectivity index is 2.07. The van der Waals surface area contributed by atoms with Gasteiger partial charge >= 0.3 is 0 Å². The molecule has 5 heteroatoms. The molecule has 0 aliphatic carbocycles. The first-order valence-corrected chi connectivity index (χ1v) is 7.99. The van der Waals surface area contributed by atoms with E-state index < -0.39 is 0 Å².